The van der Waals surface area contributed by atoms with Gasteiger partial charge in [0, 0.05) is 23.6 Å². The molecule has 1 heterocycles. The van der Waals surface area contributed by atoms with Gasteiger partial charge in [-0.25, -0.2) is 0 Å². The monoisotopic (exact) mass is 576 g/mol. The molecule has 220 valence electrons. The minimum Gasteiger partial charge on any atom is -0.508 e. The lowest BCUT2D eigenvalue weighted by molar-refractivity contribution is -0.154. The second kappa shape index (κ2) is 9.14. The number of halogens is 3. The van der Waals surface area contributed by atoms with Gasteiger partial charge >= 0.3 is 6.18 Å². The number of carbonyl (C=O) groups is 3. The van der Waals surface area contributed by atoms with Crippen molar-refractivity contribution < 1.29 is 48.0 Å². The highest BCUT2D eigenvalue weighted by molar-refractivity contribution is 6.25. The topological polar surface area (TPSA) is 147 Å². The summed E-state index contributed by atoms with van der Waals surface area (Å²) in [6.07, 6.45) is -2.93. The number of fused-ring (bicyclic) bond motifs is 3. The van der Waals surface area contributed by atoms with Crippen LogP contribution in [0.25, 0.3) is 5.76 Å². The maximum Gasteiger partial charge on any atom is 0.417 e. The summed E-state index contributed by atoms with van der Waals surface area (Å²) in [6.45, 7) is 1.54. The number of aromatic hydroxyl groups is 1. The smallest absolute Gasteiger partial charge is 0.417 e. The Hall–Kier alpha value is -3.22. The molecule has 6 rings (SSSR count). The molecule has 0 spiro atoms. The number of nitrogens with zero attached hydrogens (tertiary/aromatic N) is 1. The highest BCUT2D eigenvalue weighted by atomic mass is 19.4. The second-order valence-electron chi connectivity index (χ2n) is 11.9. The minimum atomic E-state index is -4.85. The minimum absolute atomic E-state index is 0.0653. The van der Waals surface area contributed by atoms with Gasteiger partial charge in [-0.15, -0.1) is 0 Å². The zero-order valence-electron chi connectivity index (χ0n) is 22.5. The zero-order valence-corrected chi connectivity index (χ0v) is 22.5. The van der Waals surface area contributed by atoms with E-state index < -0.39 is 99.0 Å². The number of aliphatic hydroxyl groups is 3. The van der Waals surface area contributed by atoms with Gasteiger partial charge < -0.3 is 25.7 Å². The number of likely N-dealkylation sites (N-methyl/N-ethyl adjacent to an activating group) is 1. The van der Waals surface area contributed by atoms with E-state index >= 15 is 0 Å². The van der Waals surface area contributed by atoms with Gasteiger partial charge in [-0.1, -0.05) is 0 Å². The van der Waals surface area contributed by atoms with Crippen molar-refractivity contribution in [1.82, 2.24) is 10.2 Å². The SMILES string of the molecule is CC(=O)C1=C(O)[C@@]2(O)C(=O)C3=C(O)c4c(O)cc(C5CCCN5)c(C(F)(F)F)c4C[C@H]3C[C@H]2[C@H](N(C)C2CC2)C1=O. The molecule has 1 aromatic rings. The molecule has 1 aromatic carbocycles. The fraction of sp³-hybridized carbons (Fsp3) is 0.552. The lowest BCUT2D eigenvalue weighted by atomic mass is 9.57. The first kappa shape index (κ1) is 27.9. The maximum absolute atomic E-state index is 14.6. The van der Waals surface area contributed by atoms with Gasteiger partial charge in [0.15, 0.2) is 17.2 Å². The van der Waals surface area contributed by atoms with Crippen molar-refractivity contribution in [1.29, 1.82) is 0 Å². The van der Waals surface area contributed by atoms with Gasteiger partial charge in [0.05, 0.1) is 17.2 Å². The number of alkyl halides is 3. The Morgan fingerprint density at radius 2 is 1.83 bits per heavy atom. The van der Waals surface area contributed by atoms with Crippen LogP contribution in [0.2, 0.25) is 0 Å². The molecule has 0 radical (unpaired) electrons. The Morgan fingerprint density at radius 1 is 1.15 bits per heavy atom. The Kier molecular flexibility index (Phi) is 6.22. The lowest BCUT2D eigenvalue weighted by Gasteiger charge is -2.51. The van der Waals surface area contributed by atoms with E-state index in [1.54, 1.807) is 11.9 Å². The fourth-order valence-electron chi connectivity index (χ4n) is 7.59. The largest absolute Gasteiger partial charge is 0.508 e. The van der Waals surface area contributed by atoms with Gasteiger partial charge in [-0.3, -0.25) is 19.3 Å². The maximum atomic E-state index is 14.6. The first-order valence-corrected chi connectivity index (χ1v) is 13.8. The molecule has 41 heavy (non-hydrogen) atoms. The highest BCUT2D eigenvalue weighted by Crippen LogP contribution is 2.55. The number of rotatable bonds is 4. The predicted molar refractivity (Wildman–Crippen MR) is 138 cm³/mol. The number of phenolic OH excluding ortho intramolecular Hbond substituents is 1. The lowest BCUT2D eigenvalue weighted by Crippen LogP contribution is -2.66. The van der Waals surface area contributed by atoms with Crippen LogP contribution in [0.1, 0.15) is 67.3 Å². The molecule has 1 unspecified atom stereocenters. The molecular formula is C29H31F3N2O7. The summed E-state index contributed by atoms with van der Waals surface area (Å²) in [5.74, 6) is -7.82. The molecule has 1 saturated heterocycles. The molecule has 4 aliphatic carbocycles. The summed E-state index contributed by atoms with van der Waals surface area (Å²) >= 11 is 0. The average molecular weight is 577 g/mol. The summed E-state index contributed by atoms with van der Waals surface area (Å²) in [4.78, 5) is 41.7. The number of benzene rings is 1. The molecule has 5 aliphatic rings. The van der Waals surface area contributed by atoms with Crippen LogP contribution in [-0.4, -0.2) is 74.0 Å². The molecule has 5 atom stereocenters. The highest BCUT2D eigenvalue weighted by Gasteiger charge is 2.65. The third kappa shape index (κ3) is 3.90. The quantitative estimate of drug-likeness (QED) is 0.341. The van der Waals surface area contributed by atoms with Gasteiger partial charge in [0.25, 0.3) is 0 Å². The van der Waals surface area contributed by atoms with Gasteiger partial charge in [0.1, 0.15) is 22.8 Å². The van der Waals surface area contributed by atoms with Crippen LogP contribution in [0, 0.1) is 11.8 Å². The Labute approximate surface area is 233 Å². The standard InChI is InChI=1S/C29H31F3N2O7/c1-11(35)19-25(38)23(34(2)13-5-6-13)16-9-12-8-15-21(24(37)20(12)27(40)28(16,41)26(19)39)18(36)10-14(17-4-3-7-33-17)22(15)29(30,31)32/h10,12-13,16-17,23,33,36-37,39,41H,3-9H2,1-2H3/t12-,16-,17?,23-,28+/m0/s1. The van der Waals surface area contributed by atoms with Crippen molar-refractivity contribution in [2.75, 3.05) is 13.6 Å². The first-order chi connectivity index (χ1) is 19.2. The Balaban J connectivity index is 1.56. The first-order valence-electron chi connectivity index (χ1n) is 13.8. The number of aliphatic hydroxyl groups excluding tert-OH is 2. The molecule has 3 fully saturated rings. The van der Waals surface area contributed by atoms with Gasteiger partial charge in [0.2, 0.25) is 5.78 Å². The van der Waals surface area contributed by atoms with Gasteiger partial charge in [-0.05, 0) is 82.2 Å². The number of hydrogen-bond donors (Lipinski definition) is 5. The van der Waals surface area contributed by atoms with Crippen LogP contribution in [0.4, 0.5) is 13.2 Å². The van der Waals surface area contributed by atoms with Crippen molar-refractivity contribution >= 4 is 23.1 Å². The third-order valence-corrected chi connectivity index (χ3v) is 9.58. The average Bonchev–Trinajstić information content (AvgIpc) is 3.58. The summed E-state index contributed by atoms with van der Waals surface area (Å²) in [6, 6.07) is -0.962. The number of phenols is 1. The molecular weight excluding hydrogens is 545 g/mol. The number of Topliss-reactive ketones (excluding diaryl/α,β-unsaturated/α-hetero) is 3. The number of ketones is 3. The van der Waals surface area contributed by atoms with Crippen molar-refractivity contribution in [3.8, 4) is 5.75 Å². The van der Waals surface area contributed by atoms with Crippen molar-refractivity contribution in [2.45, 2.75) is 75.4 Å². The Morgan fingerprint density at radius 3 is 2.39 bits per heavy atom. The molecule has 0 aromatic heterocycles. The van der Waals surface area contributed by atoms with E-state index in [2.05, 4.69) is 5.32 Å². The van der Waals surface area contributed by atoms with Crippen molar-refractivity contribution in [3.63, 3.8) is 0 Å². The summed E-state index contributed by atoms with van der Waals surface area (Å²) in [7, 11) is 1.62. The van der Waals surface area contributed by atoms with Crippen LogP contribution < -0.4 is 5.32 Å². The fourth-order valence-corrected chi connectivity index (χ4v) is 7.59. The van der Waals surface area contributed by atoms with E-state index in [0.717, 1.165) is 25.8 Å². The molecule has 0 amide bonds. The van der Waals surface area contributed by atoms with Gasteiger partial charge in [-0.2, -0.15) is 13.2 Å². The second-order valence-corrected chi connectivity index (χ2v) is 11.9. The van der Waals surface area contributed by atoms with E-state index in [1.165, 1.54) is 0 Å². The summed E-state index contributed by atoms with van der Waals surface area (Å²) < 4.78 is 43.9. The van der Waals surface area contributed by atoms with Crippen LogP contribution in [0.15, 0.2) is 23.0 Å². The summed E-state index contributed by atoms with van der Waals surface area (Å²) in [5, 5.41) is 48.1. The number of nitrogens with one attached hydrogen (secondary N) is 1. The molecule has 1 aliphatic heterocycles. The molecule has 9 nitrogen and oxygen atoms in total. The Bertz CT molecular complexity index is 1450. The van der Waals surface area contributed by atoms with Crippen LogP contribution in [0.3, 0.4) is 0 Å². The molecule has 5 N–H and O–H groups in total. The van der Waals surface area contributed by atoms with Crippen molar-refractivity contribution in [2.24, 2.45) is 11.8 Å². The molecule has 12 heteroatoms. The predicted octanol–water partition coefficient (Wildman–Crippen LogP) is 3.04. The molecule has 0 bridgehead atoms. The third-order valence-electron chi connectivity index (χ3n) is 9.58. The normalized spacial score (nSPS) is 31.9. The van der Waals surface area contributed by atoms with E-state index in [9.17, 15) is 48.0 Å². The van der Waals surface area contributed by atoms with Crippen LogP contribution in [-0.2, 0) is 27.0 Å². The zero-order chi connectivity index (χ0) is 29.8. The van der Waals surface area contributed by atoms with E-state index in [4.69, 9.17) is 0 Å². The van der Waals surface area contributed by atoms with Crippen LogP contribution in [0.5, 0.6) is 5.75 Å². The van der Waals surface area contributed by atoms with E-state index in [-0.39, 0.29) is 23.6 Å². The van der Waals surface area contributed by atoms with Crippen molar-refractivity contribution in [3.05, 3.63) is 45.2 Å². The van der Waals surface area contributed by atoms with Crippen LogP contribution >= 0.6 is 0 Å². The summed E-state index contributed by atoms with van der Waals surface area (Å²) in [5.41, 5.74) is -5.96. The number of carbonyl (C=O) groups excluding carboxylic acids is 3. The number of hydrogen-bond acceptors (Lipinski definition) is 9. The molecule has 2 saturated carbocycles. The van der Waals surface area contributed by atoms with E-state index in [1.807, 2.05) is 0 Å². The van der Waals surface area contributed by atoms with E-state index in [0.29, 0.717) is 19.4 Å².